The van der Waals surface area contributed by atoms with Crippen molar-refractivity contribution in [1.29, 1.82) is 0 Å². The molecule has 1 unspecified atom stereocenters. The number of hydrogen-bond donors (Lipinski definition) is 0. The summed E-state index contributed by atoms with van der Waals surface area (Å²) in [4.78, 5) is 21.5. The van der Waals surface area contributed by atoms with Crippen LogP contribution in [0.1, 0.15) is 71.1 Å². The van der Waals surface area contributed by atoms with Crippen LogP contribution in [0, 0.1) is 5.92 Å². The van der Waals surface area contributed by atoms with Crippen LogP contribution in [0.25, 0.3) is 0 Å². The molecule has 0 bridgehead atoms. The molecule has 0 N–H and O–H groups in total. The number of likely N-dealkylation sites (tertiary alicyclic amines) is 2. The maximum atomic E-state index is 12.5. The summed E-state index contributed by atoms with van der Waals surface area (Å²) in [5.74, 6) is 2.00. The monoisotopic (exact) mass is 334 g/mol. The first-order chi connectivity index (χ1) is 11.4. The number of piperidine rings is 1. The first-order valence-corrected chi connectivity index (χ1v) is 9.23. The second-order valence-electron chi connectivity index (χ2n) is 8.22. The molecule has 1 aromatic heterocycles. The van der Waals surface area contributed by atoms with Gasteiger partial charge in [0, 0.05) is 24.4 Å². The van der Waals surface area contributed by atoms with Crippen LogP contribution in [0.5, 0.6) is 0 Å². The summed E-state index contributed by atoms with van der Waals surface area (Å²) >= 11 is 0. The molecule has 134 valence electrons. The molecule has 0 aromatic carbocycles. The lowest BCUT2D eigenvalue weighted by atomic mass is 9.94. The third-order valence-corrected chi connectivity index (χ3v) is 5.31. The van der Waals surface area contributed by atoms with Crippen molar-refractivity contribution >= 4 is 5.91 Å². The van der Waals surface area contributed by atoms with Crippen molar-refractivity contribution in [2.75, 3.05) is 26.2 Å². The highest BCUT2D eigenvalue weighted by Crippen LogP contribution is 2.29. The molecule has 3 heterocycles. The number of aromatic nitrogens is 2. The summed E-state index contributed by atoms with van der Waals surface area (Å²) in [6.45, 7) is 12.1. The molecule has 24 heavy (non-hydrogen) atoms. The predicted molar refractivity (Wildman–Crippen MR) is 91.5 cm³/mol. The van der Waals surface area contributed by atoms with Crippen LogP contribution >= 0.6 is 0 Å². The third kappa shape index (κ3) is 3.63. The molecule has 6 nitrogen and oxygen atoms in total. The minimum absolute atomic E-state index is 0.101. The van der Waals surface area contributed by atoms with Crippen LogP contribution in [-0.2, 0) is 10.2 Å². The Morgan fingerprint density at radius 1 is 1.17 bits per heavy atom. The number of rotatable bonds is 3. The summed E-state index contributed by atoms with van der Waals surface area (Å²) in [7, 11) is 0. The van der Waals surface area contributed by atoms with Gasteiger partial charge >= 0.3 is 0 Å². The molecule has 0 saturated carbocycles. The Morgan fingerprint density at radius 3 is 2.33 bits per heavy atom. The highest BCUT2D eigenvalue weighted by Gasteiger charge is 2.33. The van der Waals surface area contributed by atoms with Gasteiger partial charge in [-0.2, -0.15) is 4.98 Å². The Bertz CT molecular complexity index is 564. The van der Waals surface area contributed by atoms with E-state index in [1.807, 2.05) is 0 Å². The molecule has 2 aliphatic rings. The minimum atomic E-state index is -0.101. The topological polar surface area (TPSA) is 62.5 Å². The summed E-state index contributed by atoms with van der Waals surface area (Å²) in [5, 5.41) is 4.13. The average molecular weight is 334 g/mol. The normalized spacial score (nSPS) is 22.1. The predicted octanol–water partition coefficient (Wildman–Crippen LogP) is 2.76. The molecular weight excluding hydrogens is 304 g/mol. The van der Waals surface area contributed by atoms with E-state index in [1.165, 1.54) is 0 Å². The molecule has 2 fully saturated rings. The van der Waals surface area contributed by atoms with Gasteiger partial charge in [-0.05, 0) is 45.7 Å². The Kier molecular flexibility index (Phi) is 4.95. The molecule has 2 aliphatic heterocycles. The molecule has 0 aliphatic carbocycles. The quantitative estimate of drug-likeness (QED) is 0.850. The molecule has 6 heteroatoms. The summed E-state index contributed by atoms with van der Waals surface area (Å²) in [6.07, 6.45) is 4.18. The van der Waals surface area contributed by atoms with Crippen molar-refractivity contribution in [2.45, 2.75) is 64.8 Å². The minimum Gasteiger partial charge on any atom is -0.342 e. The van der Waals surface area contributed by atoms with Gasteiger partial charge in [0.05, 0.1) is 6.04 Å². The van der Waals surface area contributed by atoms with Crippen molar-refractivity contribution in [3.05, 3.63) is 11.7 Å². The van der Waals surface area contributed by atoms with Crippen LogP contribution in [0.15, 0.2) is 4.52 Å². The van der Waals surface area contributed by atoms with Crippen LogP contribution in [0.2, 0.25) is 0 Å². The number of carbonyl (C=O) groups excluding carboxylic acids is 1. The van der Waals surface area contributed by atoms with E-state index in [2.05, 4.69) is 47.6 Å². The van der Waals surface area contributed by atoms with Crippen LogP contribution in [0.3, 0.4) is 0 Å². The fourth-order valence-corrected chi connectivity index (χ4v) is 3.60. The van der Waals surface area contributed by atoms with Crippen molar-refractivity contribution in [3.63, 3.8) is 0 Å². The molecule has 1 aromatic rings. The Labute approximate surface area is 144 Å². The van der Waals surface area contributed by atoms with Gasteiger partial charge in [0.15, 0.2) is 5.82 Å². The Balaban J connectivity index is 1.56. The Hall–Kier alpha value is -1.43. The third-order valence-electron chi connectivity index (χ3n) is 5.31. The van der Waals surface area contributed by atoms with E-state index in [-0.39, 0.29) is 17.4 Å². The van der Waals surface area contributed by atoms with Gasteiger partial charge in [-0.3, -0.25) is 9.69 Å². The molecular formula is C18H30N4O2. The second kappa shape index (κ2) is 6.82. The van der Waals surface area contributed by atoms with Crippen molar-refractivity contribution in [2.24, 2.45) is 5.92 Å². The first kappa shape index (κ1) is 17.4. The lowest BCUT2D eigenvalue weighted by Gasteiger charge is -2.35. The Morgan fingerprint density at radius 2 is 1.79 bits per heavy atom. The summed E-state index contributed by atoms with van der Waals surface area (Å²) in [5.41, 5.74) is -0.101. The van der Waals surface area contributed by atoms with Crippen molar-refractivity contribution in [1.82, 2.24) is 19.9 Å². The zero-order valence-electron chi connectivity index (χ0n) is 15.4. The molecule has 1 amide bonds. The van der Waals surface area contributed by atoms with E-state index in [9.17, 15) is 4.79 Å². The van der Waals surface area contributed by atoms with E-state index in [4.69, 9.17) is 4.52 Å². The number of carbonyl (C=O) groups is 1. The zero-order valence-corrected chi connectivity index (χ0v) is 15.4. The van der Waals surface area contributed by atoms with Gasteiger partial charge in [-0.15, -0.1) is 0 Å². The van der Waals surface area contributed by atoms with Crippen LogP contribution in [0.4, 0.5) is 0 Å². The summed E-state index contributed by atoms with van der Waals surface area (Å²) < 4.78 is 5.48. The maximum absolute atomic E-state index is 12.5. The molecule has 0 radical (unpaired) electrons. The SMILES string of the molecule is CC(c1nc(C(C)(C)C)no1)N1CCC(C(=O)N2CCCC2)CC1. The molecule has 3 rings (SSSR count). The lowest BCUT2D eigenvalue weighted by Crippen LogP contribution is -2.42. The van der Waals surface area contributed by atoms with Crippen LogP contribution in [-0.4, -0.2) is 52.0 Å². The molecule has 0 spiro atoms. The van der Waals surface area contributed by atoms with Gasteiger partial charge in [-0.25, -0.2) is 0 Å². The first-order valence-electron chi connectivity index (χ1n) is 9.23. The smallest absolute Gasteiger partial charge is 0.243 e. The summed E-state index contributed by atoms with van der Waals surface area (Å²) in [6, 6.07) is 0.108. The maximum Gasteiger partial charge on any atom is 0.243 e. The highest BCUT2D eigenvalue weighted by atomic mass is 16.5. The second-order valence-corrected chi connectivity index (χ2v) is 8.22. The standard InChI is InChI=1S/C18H30N4O2/c1-13(15-19-17(20-24-15)18(2,3)4)21-11-7-14(8-12-21)16(23)22-9-5-6-10-22/h13-14H,5-12H2,1-4H3. The largest absolute Gasteiger partial charge is 0.342 e. The highest BCUT2D eigenvalue weighted by molar-refractivity contribution is 5.79. The average Bonchev–Trinajstić information content (AvgIpc) is 3.24. The fraction of sp³-hybridized carbons (Fsp3) is 0.833. The lowest BCUT2D eigenvalue weighted by molar-refractivity contribution is -0.136. The van der Waals surface area contributed by atoms with E-state index >= 15 is 0 Å². The van der Waals surface area contributed by atoms with Gasteiger partial charge in [0.1, 0.15) is 0 Å². The van der Waals surface area contributed by atoms with Gasteiger partial charge in [-0.1, -0.05) is 25.9 Å². The molecule has 2 saturated heterocycles. The van der Waals surface area contributed by atoms with Crippen molar-refractivity contribution < 1.29 is 9.32 Å². The fourth-order valence-electron chi connectivity index (χ4n) is 3.60. The van der Waals surface area contributed by atoms with E-state index in [0.717, 1.165) is 57.7 Å². The number of hydrogen-bond acceptors (Lipinski definition) is 5. The molecule has 1 atom stereocenters. The number of amides is 1. The van der Waals surface area contributed by atoms with Gasteiger partial charge < -0.3 is 9.42 Å². The van der Waals surface area contributed by atoms with E-state index in [1.54, 1.807) is 0 Å². The number of nitrogens with zero attached hydrogens (tertiary/aromatic N) is 4. The van der Waals surface area contributed by atoms with Gasteiger partial charge in [0.2, 0.25) is 11.8 Å². The van der Waals surface area contributed by atoms with Gasteiger partial charge in [0.25, 0.3) is 0 Å². The van der Waals surface area contributed by atoms with E-state index in [0.29, 0.717) is 11.8 Å². The zero-order chi connectivity index (χ0) is 17.3. The van der Waals surface area contributed by atoms with Crippen molar-refractivity contribution in [3.8, 4) is 0 Å². The van der Waals surface area contributed by atoms with E-state index < -0.39 is 0 Å². The van der Waals surface area contributed by atoms with Crippen LogP contribution < -0.4 is 0 Å².